The first-order chi connectivity index (χ1) is 17.5. The summed E-state index contributed by atoms with van der Waals surface area (Å²) in [5.74, 6) is 3.61. The van der Waals surface area contributed by atoms with Gasteiger partial charge in [0, 0.05) is 35.9 Å². The number of fused-ring (bicyclic) bond motifs is 4. The van der Waals surface area contributed by atoms with E-state index in [1.165, 1.54) is 38.5 Å². The lowest BCUT2D eigenvalue weighted by molar-refractivity contribution is -0.966. The molecule has 2 N–H and O–H groups in total. The number of hydrogen-bond acceptors (Lipinski definition) is 3. The minimum atomic E-state index is -0.612. The number of nitrogens with zero attached hydrogens (tertiary/aromatic N) is 2. The first kappa shape index (κ1) is 25.5. The number of aliphatic hydroxyl groups excluding tert-OH is 1. The maximum absolute atomic E-state index is 13.8. The van der Waals surface area contributed by atoms with Gasteiger partial charge in [-0.15, -0.1) is 6.58 Å². The van der Waals surface area contributed by atoms with Crippen LogP contribution < -0.4 is 22.3 Å². The van der Waals surface area contributed by atoms with Crippen molar-refractivity contribution in [1.82, 2.24) is 10.3 Å². The van der Waals surface area contributed by atoms with Gasteiger partial charge in [-0.25, -0.2) is 0 Å². The van der Waals surface area contributed by atoms with Crippen molar-refractivity contribution in [3.05, 3.63) is 54.7 Å². The molecule has 7 fully saturated rings. The van der Waals surface area contributed by atoms with E-state index < -0.39 is 6.10 Å². The first-order valence-corrected chi connectivity index (χ1v) is 14.3. The van der Waals surface area contributed by atoms with Crippen LogP contribution in [0, 0.1) is 29.6 Å². The topological polar surface area (TPSA) is 62.2 Å². The molecule has 0 radical (unpaired) electrons. The number of quaternary nitrogens is 1. The molecule has 7 aliphatic rings. The highest BCUT2D eigenvalue weighted by Crippen LogP contribution is 2.55. The largest absolute Gasteiger partial charge is 1.00 e. The molecule has 9 rings (SSSR count). The standard InChI is InChI=1S/C31H39N3O2.BrH/c1-2-23-18-34(19-29(35)33-31-15-20-11-21(16-31)13-22(12-20)17-31)10-8-24(23)14-28(34)30(36)26-7-9-32-27-6-4-3-5-25(26)27;/h2-7,9,20-24,28,30,36H,1,8,10-19H2;1H/t20?,21?,22?,23-,24-,28+,30-,31?,34-;/m0./s1. The summed E-state index contributed by atoms with van der Waals surface area (Å²) in [5, 5.41) is 16.6. The zero-order valence-electron chi connectivity index (χ0n) is 21.7. The molecule has 3 saturated heterocycles. The van der Waals surface area contributed by atoms with Crippen LogP contribution in [0.1, 0.15) is 63.0 Å². The third kappa shape index (κ3) is 4.28. The van der Waals surface area contributed by atoms with Gasteiger partial charge in [0.2, 0.25) is 0 Å². The summed E-state index contributed by atoms with van der Waals surface area (Å²) in [7, 11) is 0. The minimum absolute atomic E-state index is 0. The molecule has 3 aliphatic heterocycles. The molecule has 5 nitrogen and oxygen atoms in total. The third-order valence-electron chi connectivity index (χ3n) is 10.9. The van der Waals surface area contributed by atoms with Gasteiger partial charge < -0.3 is 31.9 Å². The van der Waals surface area contributed by atoms with Crippen molar-refractivity contribution in [2.75, 3.05) is 19.6 Å². The van der Waals surface area contributed by atoms with Crippen molar-refractivity contribution in [2.24, 2.45) is 29.6 Å². The van der Waals surface area contributed by atoms with Gasteiger partial charge in [0.25, 0.3) is 5.91 Å². The second kappa shape index (κ2) is 9.46. The van der Waals surface area contributed by atoms with Crippen LogP contribution in [-0.4, -0.2) is 51.7 Å². The Kier molecular flexibility index (Phi) is 6.52. The number of nitrogens with one attached hydrogen (secondary N) is 1. The quantitative estimate of drug-likeness (QED) is 0.414. The first-order valence-electron chi connectivity index (χ1n) is 14.3. The molecule has 5 atom stereocenters. The van der Waals surface area contributed by atoms with Gasteiger partial charge in [0.1, 0.15) is 12.1 Å². The Balaban J connectivity index is 0.00000252. The van der Waals surface area contributed by atoms with Gasteiger partial charge in [-0.05, 0) is 79.9 Å². The zero-order chi connectivity index (χ0) is 24.5. The lowest BCUT2D eigenvalue weighted by Gasteiger charge is -2.59. The van der Waals surface area contributed by atoms with E-state index in [-0.39, 0.29) is 34.5 Å². The Bertz CT molecular complexity index is 1160. The summed E-state index contributed by atoms with van der Waals surface area (Å²) in [6.45, 7) is 6.50. The zero-order valence-corrected chi connectivity index (χ0v) is 23.3. The molecular weight excluding hydrogens is 526 g/mol. The van der Waals surface area contributed by atoms with Crippen LogP contribution in [0.15, 0.2) is 49.2 Å². The molecular formula is C31H40BrN3O2. The van der Waals surface area contributed by atoms with Gasteiger partial charge in [-0.3, -0.25) is 9.78 Å². The number of hydrogen-bond donors (Lipinski definition) is 2. The summed E-state index contributed by atoms with van der Waals surface area (Å²) >= 11 is 0. The molecule has 1 aromatic carbocycles. The van der Waals surface area contributed by atoms with E-state index in [2.05, 4.69) is 29.0 Å². The molecule has 0 unspecified atom stereocenters. The van der Waals surface area contributed by atoms with Gasteiger partial charge in [-0.1, -0.05) is 24.3 Å². The maximum Gasteiger partial charge on any atom is 0.275 e. The molecule has 6 heteroatoms. The highest BCUT2D eigenvalue weighted by Gasteiger charge is 2.56. The van der Waals surface area contributed by atoms with E-state index in [9.17, 15) is 9.90 Å². The number of benzene rings is 1. The van der Waals surface area contributed by atoms with E-state index in [1.54, 1.807) is 0 Å². The Morgan fingerprint density at radius 1 is 1.14 bits per heavy atom. The van der Waals surface area contributed by atoms with Crippen LogP contribution in [0.4, 0.5) is 0 Å². The summed E-state index contributed by atoms with van der Waals surface area (Å²) in [4.78, 5) is 18.4. The number of aliphatic hydroxyl groups is 1. The Morgan fingerprint density at radius 3 is 2.54 bits per heavy atom. The summed E-state index contributed by atoms with van der Waals surface area (Å²) < 4.78 is 0.684. The number of para-hydroxylation sites is 1. The van der Waals surface area contributed by atoms with Crippen molar-refractivity contribution < 1.29 is 31.4 Å². The van der Waals surface area contributed by atoms with Crippen LogP contribution >= 0.6 is 0 Å². The number of amides is 1. The van der Waals surface area contributed by atoms with Gasteiger partial charge >= 0.3 is 0 Å². The summed E-state index contributed by atoms with van der Waals surface area (Å²) in [6, 6.07) is 10.1. The van der Waals surface area contributed by atoms with Crippen molar-refractivity contribution in [3.8, 4) is 0 Å². The lowest BCUT2D eigenvalue weighted by atomic mass is 9.53. The molecule has 4 aliphatic carbocycles. The smallest absolute Gasteiger partial charge is 0.275 e. The molecule has 6 bridgehead atoms. The molecule has 1 aromatic heterocycles. The van der Waals surface area contributed by atoms with Crippen molar-refractivity contribution in [2.45, 2.75) is 69.1 Å². The normalized spacial score (nSPS) is 40.2. The highest BCUT2D eigenvalue weighted by atomic mass is 79.9. The molecule has 4 heterocycles. The van der Waals surface area contributed by atoms with E-state index in [0.29, 0.717) is 22.9 Å². The molecule has 4 saturated carbocycles. The van der Waals surface area contributed by atoms with Crippen LogP contribution in [0.25, 0.3) is 10.9 Å². The number of pyridine rings is 1. The van der Waals surface area contributed by atoms with E-state index in [0.717, 1.165) is 60.2 Å². The van der Waals surface area contributed by atoms with Crippen molar-refractivity contribution >= 4 is 16.8 Å². The monoisotopic (exact) mass is 565 g/mol. The molecule has 198 valence electrons. The summed E-state index contributed by atoms with van der Waals surface area (Å²) in [6.07, 6.45) is 13.0. The number of carbonyl (C=O) groups excluding carboxylic acids is 1. The predicted octanol–water partition coefficient (Wildman–Crippen LogP) is 1.77. The maximum atomic E-state index is 13.8. The molecule has 37 heavy (non-hydrogen) atoms. The van der Waals surface area contributed by atoms with Gasteiger partial charge in [-0.2, -0.15) is 0 Å². The van der Waals surface area contributed by atoms with E-state index in [1.807, 2.05) is 30.5 Å². The van der Waals surface area contributed by atoms with Crippen LogP contribution in [-0.2, 0) is 4.79 Å². The average Bonchev–Trinajstić information content (AvgIpc) is 2.86. The van der Waals surface area contributed by atoms with E-state index >= 15 is 0 Å². The van der Waals surface area contributed by atoms with Gasteiger partial charge in [0.05, 0.1) is 18.6 Å². The molecule has 2 aromatic rings. The molecule has 0 spiro atoms. The van der Waals surface area contributed by atoms with Gasteiger partial charge in [0.15, 0.2) is 6.54 Å². The number of halogens is 1. The fourth-order valence-electron chi connectivity index (χ4n) is 9.85. The number of carbonyl (C=O) groups is 1. The Labute approximate surface area is 231 Å². The number of rotatable bonds is 6. The van der Waals surface area contributed by atoms with E-state index in [4.69, 9.17) is 0 Å². The van der Waals surface area contributed by atoms with Crippen LogP contribution in [0.3, 0.4) is 0 Å². The second-order valence-electron chi connectivity index (χ2n) is 13.1. The number of aromatic nitrogens is 1. The minimum Gasteiger partial charge on any atom is -1.00 e. The highest BCUT2D eigenvalue weighted by molar-refractivity contribution is 5.82. The van der Waals surface area contributed by atoms with Crippen LogP contribution in [0.2, 0.25) is 0 Å². The van der Waals surface area contributed by atoms with Crippen molar-refractivity contribution in [1.29, 1.82) is 0 Å². The van der Waals surface area contributed by atoms with Crippen LogP contribution in [0.5, 0.6) is 0 Å². The fourth-order valence-corrected chi connectivity index (χ4v) is 9.85. The average molecular weight is 567 g/mol. The fraction of sp³-hybridized carbons (Fsp3) is 0.613. The van der Waals surface area contributed by atoms with Crippen molar-refractivity contribution in [3.63, 3.8) is 0 Å². The Hall–Kier alpha value is -1.76. The second-order valence-corrected chi connectivity index (χ2v) is 13.1. The Morgan fingerprint density at radius 2 is 1.84 bits per heavy atom. The molecule has 1 amide bonds. The SMILES string of the molecule is C=C[C@H]1C[N@+]2(CC(=O)NC34CC5CC(CC(C5)C3)C4)CC[C@H]1C[C@@H]2[C@@H](O)c1ccnc2ccccc12.[Br-]. The summed E-state index contributed by atoms with van der Waals surface area (Å²) in [5.41, 5.74) is 1.90. The predicted molar refractivity (Wildman–Crippen MR) is 141 cm³/mol. The lowest BCUT2D eigenvalue weighted by Crippen LogP contribution is -3.00. The number of piperidine rings is 3. The third-order valence-corrected chi connectivity index (χ3v) is 10.9.